The van der Waals surface area contributed by atoms with Gasteiger partial charge >= 0.3 is 0 Å². The Bertz CT molecular complexity index is 1350. The highest BCUT2D eigenvalue weighted by Gasteiger charge is 2.34. The van der Waals surface area contributed by atoms with Gasteiger partial charge in [-0.2, -0.15) is 0 Å². The summed E-state index contributed by atoms with van der Waals surface area (Å²) in [7, 11) is 2.10. The summed E-state index contributed by atoms with van der Waals surface area (Å²) >= 11 is 0. The van der Waals surface area contributed by atoms with Gasteiger partial charge in [0.1, 0.15) is 16.9 Å². The zero-order valence-electron chi connectivity index (χ0n) is 17.5. The molecule has 0 N–H and O–H groups in total. The second-order valence-electron chi connectivity index (χ2n) is 9.04. The van der Waals surface area contributed by atoms with Crippen molar-refractivity contribution in [3.05, 3.63) is 58.9 Å². The van der Waals surface area contributed by atoms with Crippen molar-refractivity contribution in [2.24, 2.45) is 13.0 Å². The molecule has 0 saturated heterocycles. The van der Waals surface area contributed by atoms with E-state index >= 15 is 0 Å². The van der Waals surface area contributed by atoms with Gasteiger partial charge in [0.2, 0.25) is 0 Å². The van der Waals surface area contributed by atoms with E-state index in [1.807, 2.05) is 6.33 Å². The molecule has 0 saturated carbocycles. The lowest BCUT2D eigenvalue weighted by molar-refractivity contribution is -0.662. The normalized spacial score (nSPS) is 14.0. The number of hydrogen-bond acceptors (Lipinski definition) is 2. The zero-order valence-corrected chi connectivity index (χ0v) is 17.5. The van der Waals surface area contributed by atoms with Gasteiger partial charge in [0.15, 0.2) is 11.2 Å². The fourth-order valence-electron chi connectivity index (χ4n) is 5.40. The topological polar surface area (TPSA) is 26.0 Å². The van der Waals surface area contributed by atoms with Gasteiger partial charge < -0.3 is 4.74 Å². The van der Waals surface area contributed by atoms with Crippen LogP contribution in [-0.2, 0) is 26.3 Å². The molecule has 1 aliphatic carbocycles. The lowest BCUT2D eigenvalue weighted by Crippen LogP contribution is -2.33. The monoisotopic (exact) mass is 381 g/mol. The molecule has 2 aliphatic rings. The number of ether oxygens (including phenoxy) is 1. The number of aromatic nitrogens is 2. The standard InChI is InChI=1S/C26H25N2O/c1-14(2)10-16-11-20-24-21(12-16)29-26-19-9-8-17-6-5-7-18(23(17)19)15(3)22(26)25(24)28(4)13-27-20/h5-7,11-14H,8-10H2,1-4H3/q+1. The highest BCUT2D eigenvalue weighted by Crippen LogP contribution is 2.52. The molecule has 2 heterocycles. The molecule has 3 aromatic carbocycles. The van der Waals surface area contributed by atoms with Crippen molar-refractivity contribution < 1.29 is 9.30 Å². The molecule has 0 bridgehead atoms. The van der Waals surface area contributed by atoms with Crippen molar-refractivity contribution in [2.45, 2.75) is 40.0 Å². The van der Waals surface area contributed by atoms with E-state index in [1.54, 1.807) is 0 Å². The summed E-state index contributed by atoms with van der Waals surface area (Å²) in [6, 6.07) is 11.2. The first-order chi connectivity index (χ1) is 14.0. The van der Waals surface area contributed by atoms with Crippen molar-refractivity contribution in [3.8, 4) is 22.8 Å². The first-order valence-corrected chi connectivity index (χ1v) is 10.6. The first kappa shape index (κ1) is 17.0. The summed E-state index contributed by atoms with van der Waals surface area (Å²) in [6.07, 6.45) is 5.14. The van der Waals surface area contributed by atoms with Crippen molar-refractivity contribution in [1.29, 1.82) is 0 Å². The maximum Gasteiger partial charge on any atom is 0.287 e. The Balaban J connectivity index is 1.75. The zero-order chi connectivity index (χ0) is 19.9. The van der Waals surface area contributed by atoms with Crippen molar-refractivity contribution in [1.82, 2.24) is 4.98 Å². The molecule has 1 aliphatic heterocycles. The van der Waals surface area contributed by atoms with Crippen LogP contribution >= 0.6 is 0 Å². The summed E-state index contributed by atoms with van der Waals surface area (Å²) in [5.41, 5.74) is 8.94. The van der Waals surface area contributed by atoms with Gasteiger partial charge in [0, 0.05) is 5.56 Å². The summed E-state index contributed by atoms with van der Waals surface area (Å²) < 4.78 is 8.88. The number of fused-ring (bicyclic) bond motifs is 3. The quantitative estimate of drug-likeness (QED) is 0.373. The molecule has 0 atom stereocenters. The SMILES string of the molecule is Cc1c2c(c3c4c(cccc14)CC3)Oc1cc(CC(C)C)cc3nc[n+](C)c-2c13. The van der Waals surface area contributed by atoms with E-state index in [9.17, 15) is 0 Å². The Morgan fingerprint density at radius 2 is 2.00 bits per heavy atom. The number of nitrogens with zero attached hydrogens (tertiary/aromatic N) is 2. The first-order valence-electron chi connectivity index (χ1n) is 10.6. The van der Waals surface area contributed by atoms with Gasteiger partial charge in [0.05, 0.1) is 12.6 Å². The third-order valence-electron chi connectivity index (χ3n) is 6.57. The second-order valence-corrected chi connectivity index (χ2v) is 9.04. The van der Waals surface area contributed by atoms with Crippen LogP contribution in [0.3, 0.4) is 0 Å². The fourth-order valence-corrected chi connectivity index (χ4v) is 5.40. The van der Waals surface area contributed by atoms with Gasteiger partial charge in [-0.25, -0.2) is 4.57 Å². The van der Waals surface area contributed by atoms with Crippen LogP contribution in [0.2, 0.25) is 0 Å². The fraction of sp³-hybridized carbons (Fsp3) is 0.308. The van der Waals surface area contributed by atoms with E-state index in [-0.39, 0.29) is 0 Å². The maximum absolute atomic E-state index is 6.72. The Labute approximate surface area is 171 Å². The van der Waals surface area contributed by atoms with E-state index in [4.69, 9.17) is 9.72 Å². The van der Waals surface area contributed by atoms with Gasteiger partial charge in [0.25, 0.3) is 6.33 Å². The van der Waals surface area contributed by atoms with E-state index in [2.05, 4.69) is 62.7 Å². The lowest BCUT2D eigenvalue weighted by atomic mass is 9.89. The average Bonchev–Trinajstić information content (AvgIpc) is 3.12. The molecular weight excluding hydrogens is 356 g/mol. The highest BCUT2D eigenvalue weighted by atomic mass is 16.5. The number of rotatable bonds is 2. The lowest BCUT2D eigenvalue weighted by Gasteiger charge is -2.25. The van der Waals surface area contributed by atoms with Crippen LogP contribution in [0.4, 0.5) is 0 Å². The van der Waals surface area contributed by atoms with Crippen molar-refractivity contribution in [3.63, 3.8) is 0 Å². The average molecular weight is 381 g/mol. The Kier molecular flexibility index (Phi) is 3.39. The van der Waals surface area contributed by atoms with Crippen LogP contribution in [0.5, 0.6) is 11.5 Å². The Hall–Kier alpha value is -2.94. The van der Waals surface area contributed by atoms with Crippen molar-refractivity contribution in [2.75, 3.05) is 0 Å². The van der Waals surface area contributed by atoms with E-state index in [0.29, 0.717) is 5.92 Å². The molecule has 29 heavy (non-hydrogen) atoms. The Morgan fingerprint density at radius 1 is 1.14 bits per heavy atom. The van der Waals surface area contributed by atoms with Crippen molar-refractivity contribution >= 4 is 21.7 Å². The van der Waals surface area contributed by atoms with Gasteiger partial charge in [-0.1, -0.05) is 32.0 Å². The molecule has 6 rings (SSSR count). The molecule has 144 valence electrons. The smallest absolute Gasteiger partial charge is 0.287 e. The number of aryl methyl sites for hydroxylation is 4. The summed E-state index contributed by atoms with van der Waals surface area (Å²) in [4.78, 5) is 4.75. The van der Waals surface area contributed by atoms with E-state index in [0.717, 1.165) is 41.7 Å². The molecular formula is C26H25N2O+. The molecule has 0 unspecified atom stereocenters. The van der Waals surface area contributed by atoms with E-state index < -0.39 is 0 Å². The maximum atomic E-state index is 6.72. The Morgan fingerprint density at radius 3 is 2.83 bits per heavy atom. The molecule has 0 fully saturated rings. The molecule has 0 spiro atoms. The minimum atomic E-state index is 0.598. The molecule has 4 aromatic rings. The molecule has 0 amide bonds. The predicted molar refractivity (Wildman–Crippen MR) is 117 cm³/mol. The van der Waals surface area contributed by atoms with Crippen LogP contribution < -0.4 is 9.30 Å². The molecule has 1 aromatic heterocycles. The van der Waals surface area contributed by atoms with Crippen LogP contribution in [0, 0.1) is 12.8 Å². The summed E-state index contributed by atoms with van der Waals surface area (Å²) in [5.74, 6) is 2.63. The largest absolute Gasteiger partial charge is 0.455 e. The van der Waals surface area contributed by atoms with Crippen LogP contribution in [0.1, 0.15) is 36.1 Å². The van der Waals surface area contributed by atoms with Gasteiger partial charge in [-0.05, 0) is 76.7 Å². The van der Waals surface area contributed by atoms with E-state index in [1.165, 1.54) is 44.3 Å². The highest BCUT2D eigenvalue weighted by molar-refractivity contribution is 6.07. The predicted octanol–water partition coefficient (Wildman–Crippen LogP) is 5.59. The molecule has 3 heteroatoms. The summed E-state index contributed by atoms with van der Waals surface area (Å²) in [5, 5.41) is 3.92. The second kappa shape index (κ2) is 5.79. The molecule has 0 radical (unpaired) electrons. The minimum Gasteiger partial charge on any atom is -0.455 e. The summed E-state index contributed by atoms with van der Waals surface area (Å²) in [6.45, 7) is 6.76. The minimum absolute atomic E-state index is 0.598. The van der Waals surface area contributed by atoms with Gasteiger partial charge in [-0.15, -0.1) is 0 Å². The van der Waals surface area contributed by atoms with Crippen LogP contribution in [0.15, 0.2) is 36.7 Å². The third-order valence-corrected chi connectivity index (χ3v) is 6.57. The van der Waals surface area contributed by atoms with Gasteiger partial charge in [-0.3, -0.25) is 0 Å². The van der Waals surface area contributed by atoms with Crippen LogP contribution in [0.25, 0.3) is 32.9 Å². The molecule has 3 nitrogen and oxygen atoms in total. The van der Waals surface area contributed by atoms with Crippen LogP contribution in [-0.4, -0.2) is 4.98 Å². The number of hydrogen-bond donors (Lipinski definition) is 0. The third kappa shape index (κ3) is 2.24. The number of benzene rings is 3.